The maximum absolute atomic E-state index is 12.8. The van der Waals surface area contributed by atoms with E-state index in [-0.39, 0.29) is 18.3 Å². The second-order valence-corrected chi connectivity index (χ2v) is 6.18. The number of amides is 1. The van der Waals surface area contributed by atoms with Crippen LogP contribution >= 0.6 is 11.3 Å². The van der Waals surface area contributed by atoms with Crippen molar-refractivity contribution in [2.75, 3.05) is 38.2 Å². The Hall–Kier alpha value is -2.03. The molecule has 6 nitrogen and oxygen atoms in total. The number of carbonyl (C=O) groups is 1. The van der Waals surface area contributed by atoms with Crippen molar-refractivity contribution in [3.63, 3.8) is 0 Å². The van der Waals surface area contributed by atoms with E-state index in [9.17, 15) is 9.18 Å². The van der Waals surface area contributed by atoms with E-state index in [4.69, 9.17) is 9.47 Å². The van der Waals surface area contributed by atoms with E-state index in [2.05, 4.69) is 15.2 Å². The van der Waals surface area contributed by atoms with Crippen molar-refractivity contribution in [3.8, 4) is 5.75 Å². The predicted molar refractivity (Wildman–Crippen MR) is 88.7 cm³/mol. The van der Waals surface area contributed by atoms with Gasteiger partial charge in [-0.05, 0) is 24.3 Å². The molecule has 1 N–H and O–H groups in total. The quantitative estimate of drug-likeness (QED) is 0.864. The summed E-state index contributed by atoms with van der Waals surface area (Å²) in [5, 5.41) is 5.19. The number of rotatable bonds is 6. The van der Waals surface area contributed by atoms with E-state index in [0.717, 1.165) is 38.5 Å². The summed E-state index contributed by atoms with van der Waals surface area (Å²) < 4.78 is 23.4. The van der Waals surface area contributed by atoms with E-state index < -0.39 is 0 Å². The second kappa shape index (κ2) is 8.18. The topological polar surface area (TPSA) is 63.7 Å². The van der Waals surface area contributed by atoms with Crippen LogP contribution in [0.15, 0.2) is 29.6 Å². The molecule has 0 saturated carbocycles. The first-order valence-electron chi connectivity index (χ1n) is 7.62. The van der Waals surface area contributed by atoms with Gasteiger partial charge in [-0.15, -0.1) is 11.3 Å². The molecule has 1 aromatic heterocycles. The summed E-state index contributed by atoms with van der Waals surface area (Å²) in [5.74, 6) is -0.201. The van der Waals surface area contributed by atoms with E-state index in [1.54, 1.807) is 0 Å². The third kappa shape index (κ3) is 4.98. The van der Waals surface area contributed by atoms with Crippen molar-refractivity contribution >= 4 is 22.4 Å². The minimum atomic E-state index is -0.345. The summed E-state index contributed by atoms with van der Waals surface area (Å²) in [6.45, 7) is 3.88. The van der Waals surface area contributed by atoms with E-state index in [0.29, 0.717) is 10.9 Å². The summed E-state index contributed by atoms with van der Waals surface area (Å²) in [6, 6.07) is 5.52. The van der Waals surface area contributed by atoms with Crippen LogP contribution in [-0.4, -0.2) is 48.7 Å². The smallest absolute Gasteiger partial charge is 0.264 e. The highest BCUT2D eigenvalue weighted by Crippen LogP contribution is 2.17. The van der Waals surface area contributed by atoms with Gasteiger partial charge < -0.3 is 9.47 Å². The molecule has 0 atom stereocenters. The lowest BCUT2D eigenvalue weighted by Crippen LogP contribution is -2.35. The van der Waals surface area contributed by atoms with Gasteiger partial charge in [0, 0.05) is 25.0 Å². The molecule has 128 valence electrons. The van der Waals surface area contributed by atoms with Crippen LogP contribution < -0.4 is 10.1 Å². The van der Waals surface area contributed by atoms with Crippen LogP contribution in [0, 0.1) is 5.82 Å². The number of halogens is 1. The van der Waals surface area contributed by atoms with E-state index >= 15 is 0 Å². The van der Waals surface area contributed by atoms with Gasteiger partial charge in [-0.3, -0.25) is 15.0 Å². The SMILES string of the molecule is O=C(COc1ccc(F)cc1)Nc1nc(CN2CCOCC2)cs1. The lowest BCUT2D eigenvalue weighted by atomic mass is 10.3. The first-order chi connectivity index (χ1) is 11.7. The Labute approximate surface area is 143 Å². The summed E-state index contributed by atoms with van der Waals surface area (Å²) in [6.07, 6.45) is 0. The zero-order valence-electron chi connectivity index (χ0n) is 13.0. The highest BCUT2D eigenvalue weighted by Gasteiger charge is 2.13. The molecule has 3 rings (SSSR count). The molecule has 8 heteroatoms. The van der Waals surface area contributed by atoms with Crippen molar-refractivity contribution in [2.24, 2.45) is 0 Å². The maximum atomic E-state index is 12.8. The molecule has 1 aliphatic heterocycles. The fourth-order valence-electron chi connectivity index (χ4n) is 2.26. The molecular formula is C16H18FN3O3S. The van der Waals surface area contributed by atoms with Crippen LogP contribution in [0.25, 0.3) is 0 Å². The summed E-state index contributed by atoms with van der Waals surface area (Å²) in [7, 11) is 0. The molecule has 2 heterocycles. The van der Waals surface area contributed by atoms with Crippen molar-refractivity contribution in [3.05, 3.63) is 41.2 Å². The molecule has 0 radical (unpaired) electrons. The Balaban J connectivity index is 1.45. The zero-order chi connectivity index (χ0) is 16.8. The van der Waals surface area contributed by atoms with Crippen molar-refractivity contribution < 1.29 is 18.7 Å². The van der Waals surface area contributed by atoms with Crippen LogP contribution in [0.5, 0.6) is 5.75 Å². The number of hydrogen-bond acceptors (Lipinski definition) is 6. The van der Waals surface area contributed by atoms with Crippen LogP contribution in [0.2, 0.25) is 0 Å². The second-order valence-electron chi connectivity index (χ2n) is 5.32. The number of morpholine rings is 1. The number of nitrogens with zero attached hydrogens (tertiary/aromatic N) is 2. The van der Waals surface area contributed by atoms with Crippen LogP contribution in [0.4, 0.5) is 9.52 Å². The number of nitrogens with one attached hydrogen (secondary N) is 1. The van der Waals surface area contributed by atoms with Gasteiger partial charge in [-0.1, -0.05) is 0 Å². The van der Waals surface area contributed by atoms with E-state index in [1.165, 1.54) is 35.6 Å². The summed E-state index contributed by atoms with van der Waals surface area (Å²) in [5.41, 5.74) is 0.927. The fraction of sp³-hybridized carbons (Fsp3) is 0.375. The summed E-state index contributed by atoms with van der Waals surface area (Å²) in [4.78, 5) is 18.6. The molecule has 24 heavy (non-hydrogen) atoms. The average molecular weight is 351 g/mol. The highest BCUT2D eigenvalue weighted by atomic mass is 32.1. The van der Waals surface area contributed by atoms with Gasteiger partial charge >= 0.3 is 0 Å². The monoisotopic (exact) mass is 351 g/mol. The highest BCUT2D eigenvalue weighted by molar-refractivity contribution is 7.13. The van der Waals surface area contributed by atoms with Crippen LogP contribution in [-0.2, 0) is 16.1 Å². The van der Waals surface area contributed by atoms with Gasteiger partial charge in [0.05, 0.1) is 18.9 Å². The number of hydrogen-bond donors (Lipinski definition) is 1. The van der Waals surface area contributed by atoms with Gasteiger partial charge in [-0.2, -0.15) is 0 Å². The molecule has 1 amide bonds. The molecule has 1 fully saturated rings. The van der Waals surface area contributed by atoms with Gasteiger partial charge in [0.2, 0.25) is 0 Å². The van der Waals surface area contributed by atoms with Crippen molar-refractivity contribution in [2.45, 2.75) is 6.54 Å². The number of anilines is 1. The first-order valence-corrected chi connectivity index (χ1v) is 8.50. The third-order valence-corrected chi connectivity index (χ3v) is 4.28. The zero-order valence-corrected chi connectivity index (χ0v) is 13.9. The molecule has 2 aromatic rings. The molecule has 0 spiro atoms. The number of benzene rings is 1. The minimum absolute atomic E-state index is 0.149. The molecule has 1 aliphatic rings. The average Bonchev–Trinajstić information content (AvgIpc) is 3.02. The Morgan fingerprint density at radius 1 is 1.33 bits per heavy atom. The molecule has 0 aliphatic carbocycles. The molecule has 0 bridgehead atoms. The number of aromatic nitrogens is 1. The van der Waals surface area contributed by atoms with Crippen LogP contribution in [0.1, 0.15) is 5.69 Å². The number of thiazole rings is 1. The molecule has 1 saturated heterocycles. The fourth-order valence-corrected chi connectivity index (χ4v) is 2.98. The van der Waals surface area contributed by atoms with Crippen molar-refractivity contribution in [1.82, 2.24) is 9.88 Å². The number of carbonyl (C=O) groups excluding carboxylic acids is 1. The van der Waals surface area contributed by atoms with Gasteiger partial charge in [0.25, 0.3) is 5.91 Å². The van der Waals surface area contributed by atoms with Crippen molar-refractivity contribution in [1.29, 1.82) is 0 Å². The van der Waals surface area contributed by atoms with Gasteiger partial charge in [-0.25, -0.2) is 9.37 Å². The normalized spacial score (nSPS) is 15.2. The number of ether oxygens (including phenoxy) is 2. The van der Waals surface area contributed by atoms with Crippen LogP contribution in [0.3, 0.4) is 0 Å². The lowest BCUT2D eigenvalue weighted by Gasteiger charge is -2.25. The standard InChI is InChI=1S/C16H18FN3O3S/c17-12-1-3-14(4-2-12)23-10-15(21)19-16-18-13(11-24-16)9-20-5-7-22-8-6-20/h1-4,11H,5-10H2,(H,18,19,21). The Morgan fingerprint density at radius 3 is 2.83 bits per heavy atom. The third-order valence-electron chi connectivity index (χ3n) is 3.47. The Bertz CT molecular complexity index is 671. The van der Waals surface area contributed by atoms with Gasteiger partial charge in [0.1, 0.15) is 11.6 Å². The molecular weight excluding hydrogens is 333 g/mol. The summed E-state index contributed by atoms with van der Waals surface area (Å²) >= 11 is 1.38. The lowest BCUT2D eigenvalue weighted by molar-refractivity contribution is -0.118. The Morgan fingerprint density at radius 2 is 2.08 bits per heavy atom. The first kappa shape index (κ1) is 16.8. The van der Waals surface area contributed by atoms with E-state index in [1.807, 2.05) is 5.38 Å². The predicted octanol–water partition coefficient (Wildman–Crippen LogP) is 2.13. The Kier molecular flexibility index (Phi) is 5.73. The largest absolute Gasteiger partial charge is 0.484 e. The van der Waals surface area contributed by atoms with Gasteiger partial charge in [0.15, 0.2) is 11.7 Å². The molecule has 1 aromatic carbocycles. The minimum Gasteiger partial charge on any atom is -0.484 e. The maximum Gasteiger partial charge on any atom is 0.264 e. The molecule has 0 unspecified atom stereocenters.